The van der Waals surface area contributed by atoms with E-state index < -0.39 is 17.5 Å². The number of anilines is 1. The SMILES string of the molecule is CCCCSc1ccccc1N(CC)C(=O)n1nnn(-c2c(F)cccc2OC)c1=O. The zero-order valence-electron chi connectivity index (χ0n) is 17.6. The van der Waals surface area contributed by atoms with E-state index in [9.17, 15) is 14.0 Å². The largest absolute Gasteiger partial charge is 0.494 e. The zero-order valence-corrected chi connectivity index (χ0v) is 18.4. The third-order valence-electron chi connectivity index (χ3n) is 4.60. The third-order valence-corrected chi connectivity index (χ3v) is 5.75. The first-order valence-corrected chi connectivity index (χ1v) is 10.9. The summed E-state index contributed by atoms with van der Waals surface area (Å²) in [7, 11) is 1.35. The van der Waals surface area contributed by atoms with E-state index in [0.717, 1.165) is 28.2 Å². The highest BCUT2D eigenvalue weighted by Crippen LogP contribution is 2.31. The minimum atomic E-state index is -0.886. The van der Waals surface area contributed by atoms with Crippen molar-refractivity contribution in [3.05, 3.63) is 58.8 Å². The maximum absolute atomic E-state index is 14.4. The molecule has 0 atom stereocenters. The lowest BCUT2D eigenvalue weighted by atomic mass is 10.3. The summed E-state index contributed by atoms with van der Waals surface area (Å²) in [5, 5.41) is 7.42. The number of methoxy groups -OCH3 is 1. The normalized spacial score (nSPS) is 10.8. The van der Waals surface area contributed by atoms with Crippen molar-refractivity contribution in [3.8, 4) is 11.4 Å². The van der Waals surface area contributed by atoms with Gasteiger partial charge in [0.05, 0.1) is 12.8 Å². The number of aromatic nitrogens is 4. The summed E-state index contributed by atoms with van der Waals surface area (Å²) in [6.45, 7) is 4.24. The van der Waals surface area contributed by atoms with E-state index in [2.05, 4.69) is 17.4 Å². The van der Waals surface area contributed by atoms with Crippen LogP contribution in [0.3, 0.4) is 0 Å². The van der Waals surface area contributed by atoms with Crippen LogP contribution in [0, 0.1) is 5.82 Å². The van der Waals surface area contributed by atoms with E-state index in [1.54, 1.807) is 18.7 Å². The average molecular weight is 446 g/mol. The molecule has 164 valence electrons. The van der Waals surface area contributed by atoms with Crippen molar-refractivity contribution < 1.29 is 13.9 Å². The number of para-hydroxylation sites is 2. The Morgan fingerprint density at radius 1 is 1.16 bits per heavy atom. The Hall–Kier alpha value is -3.14. The number of carbonyl (C=O) groups excluding carboxylic acids is 1. The standard InChI is InChI=1S/C21H24FN5O3S/c1-4-6-14-31-18-13-8-7-11-16(18)25(5-2)20(28)27-21(29)26(23-24-27)19-15(22)10-9-12-17(19)30-3/h7-13H,4-6,14H2,1-3H3. The molecule has 0 saturated heterocycles. The molecule has 0 spiro atoms. The molecule has 0 saturated carbocycles. The predicted molar refractivity (Wildman–Crippen MR) is 118 cm³/mol. The second kappa shape index (κ2) is 10.3. The first-order chi connectivity index (χ1) is 15.0. The van der Waals surface area contributed by atoms with Crippen molar-refractivity contribution in [1.82, 2.24) is 19.8 Å². The Bertz CT molecular complexity index is 1110. The van der Waals surface area contributed by atoms with Gasteiger partial charge in [0.1, 0.15) is 11.4 Å². The lowest BCUT2D eigenvalue weighted by Crippen LogP contribution is -2.41. The molecule has 0 aliphatic heterocycles. The van der Waals surface area contributed by atoms with Crippen LogP contribution in [0.25, 0.3) is 5.69 Å². The number of nitrogens with zero attached hydrogens (tertiary/aromatic N) is 5. The second-order valence-electron chi connectivity index (χ2n) is 6.57. The van der Waals surface area contributed by atoms with Gasteiger partial charge < -0.3 is 4.74 Å². The molecule has 0 unspecified atom stereocenters. The zero-order chi connectivity index (χ0) is 22.4. The summed E-state index contributed by atoms with van der Waals surface area (Å²) < 4.78 is 20.9. The summed E-state index contributed by atoms with van der Waals surface area (Å²) in [5.74, 6) is 0.306. The number of halogens is 1. The van der Waals surface area contributed by atoms with Crippen molar-refractivity contribution in [2.45, 2.75) is 31.6 Å². The predicted octanol–water partition coefficient (Wildman–Crippen LogP) is 3.96. The summed E-state index contributed by atoms with van der Waals surface area (Å²) in [6.07, 6.45) is 2.13. The van der Waals surface area contributed by atoms with Crippen LogP contribution < -0.4 is 15.3 Å². The third kappa shape index (κ3) is 4.63. The molecule has 10 heteroatoms. The Morgan fingerprint density at radius 2 is 1.94 bits per heavy atom. The quantitative estimate of drug-likeness (QED) is 0.297. The fraction of sp³-hybridized carbons (Fsp3) is 0.333. The lowest BCUT2D eigenvalue weighted by Gasteiger charge is -2.22. The number of amides is 1. The molecule has 0 aliphatic rings. The van der Waals surface area contributed by atoms with Gasteiger partial charge in [-0.05, 0) is 53.8 Å². The first-order valence-electron chi connectivity index (χ1n) is 9.95. The summed E-state index contributed by atoms with van der Waals surface area (Å²) >= 11 is 1.65. The van der Waals surface area contributed by atoms with Gasteiger partial charge in [-0.3, -0.25) is 4.90 Å². The molecule has 0 N–H and O–H groups in total. The molecule has 1 heterocycles. The van der Waals surface area contributed by atoms with Gasteiger partial charge in [-0.25, -0.2) is 14.0 Å². The van der Waals surface area contributed by atoms with Crippen molar-refractivity contribution in [3.63, 3.8) is 0 Å². The fourth-order valence-corrected chi connectivity index (χ4v) is 4.18. The van der Waals surface area contributed by atoms with Gasteiger partial charge in [-0.2, -0.15) is 4.68 Å². The number of unbranched alkanes of at least 4 members (excludes halogenated alkanes) is 1. The highest BCUT2D eigenvalue weighted by atomic mass is 32.2. The number of rotatable bonds is 8. The van der Waals surface area contributed by atoms with Crippen LogP contribution in [0.15, 0.2) is 52.2 Å². The highest BCUT2D eigenvalue weighted by molar-refractivity contribution is 7.99. The molecule has 0 fully saturated rings. The van der Waals surface area contributed by atoms with Crippen LogP contribution in [0.1, 0.15) is 26.7 Å². The molecule has 0 aliphatic carbocycles. The molecule has 3 rings (SSSR count). The van der Waals surface area contributed by atoms with Crippen LogP contribution in [-0.4, -0.2) is 45.2 Å². The van der Waals surface area contributed by atoms with E-state index in [-0.39, 0.29) is 11.4 Å². The summed E-state index contributed by atoms with van der Waals surface area (Å²) in [5.41, 5.74) is -0.406. The number of thioether (sulfide) groups is 1. The van der Waals surface area contributed by atoms with E-state index in [1.165, 1.54) is 30.2 Å². The van der Waals surface area contributed by atoms with E-state index in [4.69, 9.17) is 4.74 Å². The van der Waals surface area contributed by atoms with Crippen molar-refractivity contribution >= 4 is 23.5 Å². The number of tetrazole rings is 1. The smallest absolute Gasteiger partial charge is 0.377 e. The molecule has 0 bridgehead atoms. The molecule has 8 nitrogen and oxygen atoms in total. The Balaban J connectivity index is 1.98. The van der Waals surface area contributed by atoms with Crippen LogP contribution in [0.2, 0.25) is 0 Å². The van der Waals surface area contributed by atoms with E-state index in [0.29, 0.717) is 16.9 Å². The number of ether oxygens (including phenoxy) is 1. The van der Waals surface area contributed by atoms with E-state index in [1.807, 2.05) is 24.3 Å². The molecule has 1 amide bonds. The molecule has 0 radical (unpaired) electrons. The second-order valence-corrected chi connectivity index (χ2v) is 7.71. The molecule has 1 aromatic heterocycles. The number of benzene rings is 2. The van der Waals surface area contributed by atoms with Crippen LogP contribution in [-0.2, 0) is 0 Å². The van der Waals surface area contributed by atoms with E-state index >= 15 is 0 Å². The van der Waals surface area contributed by atoms with Crippen molar-refractivity contribution in [2.75, 3.05) is 24.3 Å². The van der Waals surface area contributed by atoms with Crippen molar-refractivity contribution in [2.24, 2.45) is 0 Å². The molecular formula is C21H24FN5O3S. The van der Waals surface area contributed by atoms with Crippen molar-refractivity contribution in [1.29, 1.82) is 0 Å². The summed E-state index contributed by atoms with van der Waals surface area (Å²) in [6, 6.07) is 10.9. The Kier molecular flexibility index (Phi) is 7.45. The van der Waals surface area contributed by atoms with Gasteiger partial charge in [-0.15, -0.1) is 16.4 Å². The maximum atomic E-state index is 14.4. The molecule has 3 aromatic rings. The van der Waals surface area contributed by atoms with Gasteiger partial charge in [0.25, 0.3) is 0 Å². The maximum Gasteiger partial charge on any atom is 0.377 e. The highest BCUT2D eigenvalue weighted by Gasteiger charge is 2.25. The molecular weight excluding hydrogens is 421 g/mol. The first kappa shape index (κ1) is 22.5. The van der Waals surface area contributed by atoms with Gasteiger partial charge in [0.2, 0.25) is 0 Å². The fourth-order valence-electron chi connectivity index (χ4n) is 3.02. The lowest BCUT2D eigenvalue weighted by molar-refractivity contribution is 0.244. The van der Waals surface area contributed by atoms with Gasteiger partial charge in [0, 0.05) is 11.4 Å². The topological polar surface area (TPSA) is 82.2 Å². The molecule has 2 aromatic carbocycles. The van der Waals surface area contributed by atoms with Gasteiger partial charge in [0.15, 0.2) is 5.82 Å². The van der Waals surface area contributed by atoms with Gasteiger partial charge >= 0.3 is 11.7 Å². The Labute approximate surface area is 183 Å². The van der Waals surface area contributed by atoms with Crippen LogP contribution in [0.4, 0.5) is 14.9 Å². The van der Waals surface area contributed by atoms with Crippen LogP contribution >= 0.6 is 11.8 Å². The Morgan fingerprint density at radius 3 is 2.65 bits per heavy atom. The molecule has 31 heavy (non-hydrogen) atoms. The number of carbonyl (C=O) groups is 1. The summed E-state index contributed by atoms with van der Waals surface area (Å²) in [4.78, 5) is 28.5. The average Bonchev–Trinajstić information content (AvgIpc) is 3.16. The number of hydrogen-bond donors (Lipinski definition) is 0. The minimum Gasteiger partial charge on any atom is -0.494 e. The number of hydrogen-bond acceptors (Lipinski definition) is 6. The minimum absolute atomic E-state index is 0.103. The van der Waals surface area contributed by atoms with Gasteiger partial charge in [-0.1, -0.05) is 31.5 Å². The van der Waals surface area contributed by atoms with Crippen LogP contribution in [0.5, 0.6) is 5.75 Å². The monoisotopic (exact) mass is 445 g/mol.